The summed E-state index contributed by atoms with van der Waals surface area (Å²) >= 11 is 1.80. The highest BCUT2D eigenvalue weighted by atomic mass is 32.1. The minimum Gasteiger partial charge on any atom is -0.380 e. The van der Waals surface area contributed by atoms with Crippen LogP contribution in [-0.4, -0.2) is 31.2 Å². The number of rotatable bonds is 2. The van der Waals surface area contributed by atoms with Gasteiger partial charge in [0.15, 0.2) is 0 Å². The van der Waals surface area contributed by atoms with Crippen LogP contribution in [0.4, 0.5) is 0 Å². The summed E-state index contributed by atoms with van der Waals surface area (Å²) in [7, 11) is 0. The highest BCUT2D eigenvalue weighted by molar-refractivity contribution is 7.07. The lowest BCUT2D eigenvalue weighted by Gasteiger charge is -2.47. The molecule has 2 fully saturated rings. The van der Waals surface area contributed by atoms with E-state index in [1.807, 2.05) is 0 Å². The maximum atomic E-state index is 5.34. The zero-order chi connectivity index (χ0) is 10.1. The fourth-order valence-electron chi connectivity index (χ4n) is 2.51. The van der Waals surface area contributed by atoms with Crippen molar-refractivity contribution < 1.29 is 4.74 Å². The van der Waals surface area contributed by atoms with E-state index in [2.05, 4.69) is 21.7 Å². The van der Waals surface area contributed by atoms with Crippen molar-refractivity contribution in [1.82, 2.24) is 4.90 Å². The minimum atomic E-state index is 0.575. The van der Waals surface area contributed by atoms with Crippen molar-refractivity contribution in [2.45, 2.75) is 19.4 Å². The van der Waals surface area contributed by atoms with Gasteiger partial charge in [-0.05, 0) is 48.3 Å². The maximum absolute atomic E-state index is 5.34. The third-order valence-corrected chi connectivity index (χ3v) is 4.45. The second-order valence-electron chi connectivity index (χ2n) is 4.90. The number of piperidine rings is 1. The molecule has 0 bridgehead atoms. The lowest BCUT2D eigenvalue weighted by molar-refractivity contribution is -0.140. The maximum Gasteiger partial charge on any atom is 0.0545 e. The van der Waals surface area contributed by atoms with Crippen LogP contribution >= 0.6 is 11.3 Å². The molecule has 2 aliphatic heterocycles. The first-order valence-corrected chi connectivity index (χ1v) is 6.62. The number of hydrogen-bond acceptors (Lipinski definition) is 3. The highest BCUT2D eigenvalue weighted by Crippen LogP contribution is 2.38. The molecule has 3 rings (SSSR count). The number of hydrogen-bond donors (Lipinski definition) is 0. The molecule has 3 heterocycles. The fourth-order valence-corrected chi connectivity index (χ4v) is 3.17. The second-order valence-corrected chi connectivity index (χ2v) is 5.68. The highest BCUT2D eigenvalue weighted by Gasteiger charge is 2.40. The number of ether oxygens (including phenoxy) is 1. The first-order chi connectivity index (χ1) is 7.36. The molecule has 0 aromatic carbocycles. The summed E-state index contributed by atoms with van der Waals surface area (Å²) in [5.74, 6) is 0. The second kappa shape index (κ2) is 3.89. The molecule has 1 aromatic rings. The zero-order valence-electron chi connectivity index (χ0n) is 8.95. The van der Waals surface area contributed by atoms with Crippen molar-refractivity contribution in [3.05, 3.63) is 22.4 Å². The van der Waals surface area contributed by atoms with Gasteiger partial charge in [-0.3, -0.25) is 4.90 Å². The summed E-state index contributed by atoms with van der Waals surface area (Å²) in [4.78, 5) is 2.58. The van der Waals surface area contributed by atoms with Gasteiger partial charge >= 0.3 is 0 Å². The molecule has 0 unspecified atom stereocenters. The topological polar surface area (TPSA) is 12.5 Å². The van der Waals surface area contributed by atoms with Gasteiger partial charge in [0.25, 0.3) is 0 Å². The Bertz CT molecular complexity index is 308. The van der Waals surface area contributed by atoms with Gasteiger partial charge in [0.2, 0.25) is 0 Å². The van der Waals surface area contributed by atoms with Crippen LogP contribution in [0.25, 0.3) is 0 Å². The average molecular weight is 223 g/mol. The normalized spacial score (nSPS) is 25.3. The molecule has 0 atom stereocenters. The molecule has 0 amide bonds. The predicted molar refractivity (Wildman–Crippen MR) is 62.1 cm³/mol. The average Bonchev–Trinajstić information content (AvgIpc) is 2.69. The van der Waals surface area contributed by atoms with Gasteiger partial charge in [-0.1, -0.05) is 0 Å². The molecule has 0 N–H and O–H groups in total. The van der Waals surface area contributed by atoms with Gasteiger partial charge < -0.3 is 4.74 Å². The van der Waals surface area contributed by atoms with Crippen molar-refractivity contribution in [2.24, 2.45) is 5.41 Å². The van der Waals surface area contributed by atoms with Crippen LogP contribution in [0, 0.1) is 5.41 Å². The van der Waals surface area contributed by atoms with Gasteiger partial charge in [-0.2, -0.15) is 11.3 Å². The van der Waals surface area contributed by atoms with E-state index in [9.17, 15) is 0 Å². The first kappa shape index (κ1) is 9.82. The van der Waals surface area contributed by atoms with Crippen LogP contribution < -0.4 is 0 Å². The molecular weight excluding hydrogens is 206 g/mol. The Hall–Kier alpha value is -0.380. The quantitative estimate of drug-likeness (QED) is 0.763. The Morgan fingerprint density at radius 3 is 2.67 bits per heavy atom. The lowest BCUT2D eigenvalue weighted by Crippen LogP contribution is -2.50. The molecule has 1 spiro atoms. The van der Waals surface area contributed by atoms with Gasteiger partial charge in [0.1, 0.15) is 0 Å². The molecule has 15 heavy (non-hydrogen) atoms. The standard InChI is InChI=1S/C12H17NOS/c1-6-15-8-11(1)7-13-4-2-12(3-5-13)9-14-10-12/h1,6,8H,2-5,7,9-10H2. The van der Waals surface area contributed by atoms with Gasteiger partial charge in [-0.15, -0.1) is 0 Å². The third-order valence-electron chi connectivity index (χ3n) is 3.72. The molecule has 82 valence electrons. The van der Waals surface area contributed by atoms with E-state index in [0.717, 1.165) is 19.8 Å². The lowest BCUT2D eigenvalue weighted by atomic mass is 9.77. The van der Waals surface area contributed by atoms with Crippen LogP contribution in [0.3, 0.4) is 0 Å². The Labute approximate surface area is 94.9 Å². The fraction of sp³-hybridized carbons (Fsp3) is 0.667. The Kier molecular flexibility index (Phi) is 2.54. The first-order valence-electron chi connectivity index (χ1n) is 5.68. The summed E-state index contributed by atoms with van der Waals surface area (Å²) in [6.45, 7) is 5.66. The van der Waals surface area contributed by atoms with E-state index in [1.54, 1.807) is 11.3 Å². The summed E-state index contributed by atoms with van der Waals surface area (Å²) in [6, 6.07) is 2.24. The van der Waals surface area contributed by atoms with Crippen molar-refractivity contribution in [3.63, 3.8) is 0 Å². The molecule has 2 aliphatic rings. The molecule has 0 aliphatic carbocycles. The Morgan fingerprint density at radius 1 is 1.33 bits per heavy atom. The third kappa shape index (κ3) is 1.96. The summed E-state index contributed by atoms with van der Waals surface area (Å²) in [5, 5.41) is 4.43. The van der Waals surface area contributed by atoms with Crippen molar-refractivity contribution in [3.8, 4) is 0 Å². The number of likely N-dealkylation sites (tertiary alicyclic amines) is 1. The zero-order valence-corrected chi connectivity index (χ0v) is 9.76. The van der Waals surface area contributed by atoms with Crippen LogP contribution in [0.2, 0.25) is 0 Å². The molecule has 2 saturated heterocycles. The SMILES string of the molecule is c1cc(CN2CCC3(CC2)COC3)cs1. The smallest absolute Gasteiger partial charge is 0.0545 e. The monoisotopic (exact) mass is 223 g/mol. The van der Waals surface area contributed by atoms with Gasteiger partial charge in [-0.25, -0.2) is 0 Å². The van der Waals surface area contributed by atoms with E-state index in [0.29, 0.717) is 5.41 Å². The van der Waals surface area contributed by atoms with Crippen LogP contribution in [-0.2, 0) is 11.3 Å². The number of nitrogens with zero attached hydrogens (tertiary/aromatic N) is 1. The van der Waals surface area contributed by atoms with Crippen LogP contribution in [0.1, 0.15) is 18.4 Å². The summed E-state index contributed by atoms with van der Waals surface area (Å²) < 4.78 is 5.34. The van der Waals surface area contributed by atoms with E-state index in [-0.39, 0.29) is 0 Å². The molecule has 0 radical (unpaired) electrons. The van der Waals surface area contributed by atoms with Gasteiger partial charge in [0.05, 0.1) is 13.2 Å². The largest absolute Gasteiger partial charge is 0.380 e. The minimum absolute atomic E-state index is 0.575. The molecule has 1 aromatic heterocycles. The van der Waals surface area contributed by atoms with E-state index >= 15 is 0 Å². The summed E-state index contributed by atoms with van der Waals surface area (Å²) in [6.07, 6.45) is 2.66. The van der Waals surface area contributed by atoms with E-state index in [4.69, 9.17) is 4.74 Å². The Morgan fingerprint density at radius 2 is 2.13 bits per heavy atom. The molecular formula is C12H17NOS. The Balaban J connectivity index is 1.53. The molecule has 0 saturated carbocycles. The van der Waals surface area contributed by atoms with Gasteiger partial charge in [0, 0.05) is 12.0 Å². The van der Waals surface area contributed by atoms with Crippen LogP contribution in [0.15, 0.2) is 16.8 Å². The van der Waals surface area contributed by atoms with Crippen molar-refractivity contribution >= 4 is 11.3 Å². The molecule has 2 nitrogen and oxygen atoms in total. The van der Waals surface area contributed by atoms with Crippen LogP contribution in [0.5, 0.6) is 0 Å². The van der Waals surface area contributed by atoms with E-state index < -0.39 is 0 Å². The number of thiophene rings is 1. The predicted octanol–water partition coefficient (Wildman–Crippen LogP) is 2.36. The van der Waals surface area contributed by atoms with Crippen molar-refractivity contribution in [1.29, 1.82) is 0 Å². The summed E-state index contributed by atoms with van der Waals surface area (Å²) in [5.41, 5.74) is 2.05. The van der Waals surface area contributed by atoms with Crippen molar-refractivity contribution in [2.75, 3.05) is 26.3 Å². The van der Waals surface area contributed by atoms with E-state index in [1.165, 1.54) is 31.5 Å². The molecule has 3 heteroatoms.